The monoisotopic (exact) mass is 416 g/mol. The van der Waals surface area contributed by atoms with Gasteiger partial charge in [-0.3, -0.25) is 5.32 Å². The molecule has 0 bridgehead atoms. The first-order chi connectivity index (χ1) is 14.8. The van der Waals surface area contributed by atoms with Crippen LogP contribution in [0.1, 0.15) is 25.0 Å². The molecule has 7 heteroatoms. The van der Waals surface area contributed by atoms with Crippen molar-refractivity contribution in [2.45, 2.75) is 39.0 Å². The molecule has 4 N–H and O–H groups in total. The maximum Gasteiger partial charge on any atom is 0.164 e. The number of aromatic nitrogens is 4. The number of nitrogen functional groups attached to an aromatic ring is 1. The van der Waals surface area contributed by atoms with Gasteiger partial charge in [-0.1, -0.05) is 60.2 Å². The molecule has 0 aliphatic heterocycles. The molecule has 1 atom stereocenters. The van der Waals surface area contributed by atoms with E-state index in [1.54, 1.807) is 0 Å². The number of fused-ring (bicyclic) bond motifs is 1. The van der Waals surface area contributed by atoms with Crippen molar-refractivity contribution >= 4 is 16.9 Å². The number of nitrogens with two attached hydrogens (primary N) is 1. The third-order valence-corrected chi connectivity index (χ3v) is 5.43. The highest BCUT2D eigenvalue weighted by atomic mass is 16.3. The molecule has 0 amide bonds. The molecular weight excluding hydrogens is 388 g/mol. The number of benzene rings is 2. The van der Waals surface area contributed by atoms with Crippen LogP contribution in [-0.2, 0) is 12.0 Å². The number of hydrogen-bond acceptors (Lipinski definition) is 6. The fourth-order valence-corrected chi connectivity index (χ4v) is 3.66. The molecular formula is C24H28N6O. The van der Waals surface area contributed by atoms with E-state index in [1.807, 2.05) is 66.2 Å². The SMILES string of the molecule is Cc1ccc(-c2nn(C(C)(C)CNC(O)Cc3ccccc3)c3ncnc(N)c23)cc1. The maximum absolute atomic E-state index is 10.5. The second-order valence-electron chi connectivity index (χ2n) is 8.48. The Morgan fingerprint density at radius 1 is 1.06 bits per heavy atom. The van der Waals surface area contributed by atoms with Crippen molar-refractivity contribution in [1.29, 1.82) is 0 Å². The molecule has 0 saturated heterocycles. The Morgan fingerprint density at radius 3 is 2.48 bits per heavy atom. The molecule has 160 valence electrons. The van der Waals surface area contributed by atoms with Crippen LogP contribution in [-0.4, -0.2) is 37.6 Å². The van der Waals surface area contributed by atoms with Crippen molar-refractivity contribution in [3.05, 3.63) is 72.1 Å². The van der Waals surface area contributed by atoms with Gasteiger partial charge in [-0.05, 0) is 26.3 Å². The highest BCUT2D eigenvalue weighted by Crippen LogP contribution is 2.33. The molecule has 0 fully saturated rings. The Balaban J connectivity index is 1.63. The molecule has 0 aliphatic rings. The topological polar surface area (TPSA) is 102 Å². The van der Waals surface area contributed by atoms with Crippen LogP contribution in [0.2, 0.25) is 0 Å². The number of hydrogen-bond donors (Lipinski definition) is 3. The zero-order valence-electron chi connectivity index (χ0n) is 18.1. The zero-order chi connectivity index (χ0) is 22.0. The summed E-state index contributed by atoms with van der Waals surface area (Å²) < 4.78 is 1.87. The average Bonchev–Trinajstić information content (AvgIpc) is 3.16. The van der Waals surface area contributed by atoms with E-state index >= 15 is 0 Å². The fourth-order valence-electron chi connectivity index (χ4n) is 3.66. The summed E-state index contributed by atoms with van der Waals surface area (Å²) >= 11 is 0. The molecule has 2 aromatic heterocycles. The number of aryl methyl sites for hydroxylation is 1. The number of aliphatic hydroxyl groups excluding tert-OH is 1. The van der Waals surface area contributed by atoms with Crippen LogP contribution in [0, 0.1) is 6.92 Å². The van der Waals surface area contributed by atoms with Crippen LogP contribution >= 0.6 is 0 Å². The Hall–Kier alpha value is -3.29. The Labute approximate surface area is 182 Å². The van der Waals surface area contributed by atoms with Crippen molar-refractivity contribution in [3.63, 3.8) is 0 Å². The van der Waals surface area contributed by atoms with Gasteiger partial charge in [-0.25, -0.2) is 14.6 Å². The maximum atomic E-state index is 10.5. The number of anilines is 1. The summed E-state index contributed by atoms with van der Waals surface area (Å²) in [5.74, 6) is 0.402. The summed E-state index contributed by atoms with van der Waals surface area (Å²) in [6.45, 7) is 6.65. The third-order valence-electron chi connectivity index (χ3n) is 5.43. The van der Waals surface area contributed by atoms with Crippen LogP contribution in [0.25, 0.3) is 22.3 Å². The lowest BCUT2D eigenvalue weighted by Gasteiger charge is -2.28. The first-order valence-electron chi connectivity index (χ1n) is 10.4. The van der Waals surface area contributed by atoms with Crippen LogP contribution in [0.15, 0.2) is 60.9 Å². The number of nitrogens with zero attached hydrogens (tertiary/aromatic N) is 4. The normalized spacial score (nSPS) is 12.9. The van der Waals surface area contributed by atoms with Crippen molar-refractivity contribution in [2.75, 3.05) is 12.3 Å². The van der Waals surface area contributed by atoms with E-state index in [1.165, 1.54) is 11.9 Å². The third kappa shape index (κ3) is 4.42. The van der Waals surface area contributed by atoms with Crippen molar-refractivity contribution in [2.24, 2.45) is 0 Å². The molecule has 0 spiro atoms. The van der Waals surface area contributed by atoms with Crippen LogP contribution in [0.3, 0.4) is 0 Å². The summed E-state index contributed by atoms with van der Waals surface area (Å²) in [5, 5.41) is 19.4. The molecule has 0 radical (unpaired) electrons. The van der Waals surface area contributed by atoms with E-state index < -0.39 is 11.8 Å². The second kappa shape index (κ2) is 8.45. The van der Waals surface area contributed by atoms with E-state index in [0.29, 0.717) is 24.4 Å². The lowest BCUT2D eigenvalue weighted by molar-refractivity contribution is 0.120. The highest BCUT2D eigenvalue weighted by molar-refractivity contribution is 5.98. The summed E-state index contributed by atoms with van der Waals surface area (Å²) in [7, 11) is 0. The minimum atomic E-state index is -0.667. The molecule has 31 heavy (non-hydrogen) atoms. The first kappa shape index (κ1) is 21.0. The molecule has 0 saturated carbocycles. The van der Waals surface area contributed by atoms with Gasteiger partial charge in [0, 0.05) is 18.5 Å². The predicted octanol–water partition coefficient (Wildman–Crippen LogP) is 3.27. The van der Waals surface area contributed by atoms with E-state index in [4.69, 9.17) is 10.8 Å². The second-order valence-corrected chi connectivity index (χ2v) is 8.48. The van der Waals surface area contributed by atoms with Crippen molar-refractivity contribution in [1.82, 2.24) is 25.1 Å². The average molecular weight is 417 g/mol. The summed E-state index contributed by atoms with van der Waals surface area (Å²) in [4.78, 5) is 8.67. The van der Waals surface area contributed by atoms with Gasteiger partial charge in [-0.15, -0.1) is 0 Å². The van der Waals surface area contributed by atoms with E-state index in [-0.39, 0.29) is 0 Å². The molecule has 2 heterocycles. The van der Waals surface area contributed by atoms with Crippen LogP contribution in [0.4, 0.5) is 5.82 Å². The number of aliphatic hydroxyl groups is 1. The molecule has 0 aliphatic carbocycles. The van der Waals surface area contributed by atoms with Gasteiger partial charge in [0.2, 0.25) is 0 Å². The summed E-state index contributed by atoms with van der Waals surface area (Å²) in [6, 6.07) is 18.1. The van der Waals surface area contributed by atoms with Gasteiger partial charge in [-0.2, -0.15) is 5.10 Å². The largest absolute Gasteiger partial charge is 0.383 e. The van der Waals surface area contributed by atoms with E-state index in [2.05, 4.69) is 29.1 Å². The highest BCUT2D eigenvalue weighted by Gasteiger charge is 2.28. The lowest BCUT2D eigenvalue weighted by Crippen LogP contribution is -2.44. The van der Waals surface area contributed by atoms with Gasteiger partial charge < -0.3 is 10.8 Å². The molecule has 4 rings (SSSR count). The Kier molecular flexibility index (Phi) is 5.71. The standard InChI is InChI=1S/C24H28N6O/c1-16-9-11-18(12-10-16)21-20-22(25)27-15-28-23(20)30(29-21)24(2,3)14-26-19(31)13-17-7-5-4-6-8-17/h4-12,15,19,26,31H,13-14H2,1-3H3,(H2,25,27,28). The van der Waals surface area contributed by atoms with Crippen molar-refractivity contribution < 1.29 is 5.11 Å². The number of nitrogens with one attached hydrogen (secondary N) is 1. The van der Waals surface area contributed by atoms with E-state index in [9.17, 15) is 5.11 Å². The molecule has 1 unspecified atom stereocenters. The predicted molar refractivity (Wildman–Crippen MR) is 123 cm³/mol. The fraction of sp³-hybridized carbons (Fsp3) is 0.292. The minimum absolute atomic E-state index is 0.402. The quantitative estimate of drug-likeness (QED) is 0.400. The lowest BCUT2D eigenvalue weighted by atomic mass is 10.1. The summed E-state index contributed by atoms with van der Waals surface area (Å²) in [6.07, 6.45) is 1.32. The van der Waals surface area contributed by atoms with Gasteiger partial charge >= 0.3 is 0 Å². The molecule has 2 aromatic carbocycles. The number of rotatable bonds is 7. The smallest absolute Gasteiger partial charge is 0.164 e. The Bertz CT molecular complexity index is 1170. The first-order valence-corrected chi connectivity index (χ1v) is 10.4. The Morgan fingerprint density at radius 2 is 1.77 bits per heavy atom. The zero-order valence-corrected chi connectivity index (χ0v) is 18.1. The van der Waals surface area contributed by atoms with Gasteiger partial charge in [0.05, 0.1) is 10.9 Å². The van der Waals surface area contributed by atoms with Gasteiger partial charge in [0.25, 0.3) is 0 Å². The van der Waals surface area contributed by atoms with E-state index in [0.717, 1.165) is 22.2 Å². The molecule has 4 aromatic rings. The van der Waals surface area contributed by atoms with Crippen molar-refractivity contribution in [3.8, 4) is 11.3 Å². The minimum Gasteiger partial charge on any atom is -0.383 e. The van der Waals surface area contributed by atoms with Gasteiger partial charge in [0.15, 0.2) is 5.65 Å². The van der Waals surface area contributed by atoms with Gasteiger partial charge in [0.1, 0.15) is 24.1 Å². The van der Waals surface area contributed by atoms with Crippen LogP contribution < -0.4 is 11.1 Å². The summed E-state index contributed by atoms with van der Waals surface area (Å²) in [5.41, 5.74) is 10.4. The van der Waals surface area contributed by atoms with Crippen LogP contribution in [0.5, 0.6) is 0 Å². The molecule has 7 nitrogen and oxygen atoms in total.